The molecule has 2 heterocycles. The summed E-state index contributed by atoms with van der Waals surface area (Å²) in [6.45, 7) is 4.17. The topological polar surface area (TPSA) is 79.1 Å². The van der Waals surface area contributed by atoms with Crippen molar-refractivity contribution in [3.05, 3.63) is 29.8 Å². The van der Waals surface area contributed by atoms with Crippen molar-refractivity contribution in [2.24, 2.45) is 0 Å². The van der Waals surface area contributed by atoms with Gasteiger partial charge in [0.15, 0.2) is 5.82 Å². The summed E-state index contributed by atoms with van der Waals surface area (Å²) < 4.78 is 9.35. The highest BCUT2D eigenvalue weighted by molar-refractivity contribution is 7.10. The molecule has 0 spiro atoms. The van der Waals surface area contributed by atoms with Crippen molar-refractivity contribution in [2.75, 3.05) is 11.5 Å². The molecule has 1 aromatic heterocycles. The molecule has 0 bridgehead atoms. The molecule has 0 atom stereocenters. The van der Waals surface area contributed by atoms with E-state index < -0.39 is 11.6 Å². The molecule has 0 N–H and O–H groups in total. The summed E-state index contributed by atoms with van der Waals surface area (Å²) in [4.78, 5) is 17.8. The van der Waals surface area contributed by atoms with E-state index in [0.29, 0.717) is 23.1 Å². The van der Waals surface area contributed by atoms with Crippen LogP contribution >= 0.6 is 11.5 Å². The molecular weight excluding hydrogens is 288 g/mol. The van der Waals surface area contributed by atoms with Gasteiger partial charge in [-0.05, 0) is 38.1 Å². The second-order valence-electron chi connectivity index (χ2n) is 5.29. The van der Waals surface area contributed by atoms with Gasteiger partial charge in [0.1, 0.15) is 6.61 Å². The largest absolute Gasteiger partial charge is 0.447 e. The number of nitriles is 1. The zero-order chi connectivity index (χ0) is 15.0. The molecule has 3 rings (SSSR count). The van der Waals surface area contributed by atoms with Gasteiger partial charge in [-0.25, -0.2) is 9.69 Å². The predicted molar refractivity (Wildman–Crippen MR) is 78.0 cm³/mol. The van der Waals surface area contributed by atoms with Crippen LogP contribution in [0.15, 0.2) is 24.3 Å². The van der Waals surface area contributed by atoms with E-state index in [2.05, 4.69) is 15.4 Å². The van der Waals surface area contributed by atoms with Crippen molar-refractivity contribution >= 4 is 22.8 Å². The van der Waals surface area contributed by atoms with Crippen molar-refractivity contribution in [1.82, 2.24) is 9.36 Å². The number of hydrogen-bond acceptors (Lipinski definition) is 6. The third-order valence-corrected chi connectivity index (χ3v) is 3.92. The van der Waals surface area contributed by atoms with Crippen LogP contribution in [0, 0.1) is 11.3 Å². The van der Waals surface area contributed by atoms with Crippen LogP contribution < -0.4 is 4.90 Å². The van der Waals surface area contributed by atoms with Crippen LogP contribution in [0.25, 0.3) is 11.4 Å². The first-order chi connectivity index (χ1) is 10.0. The standard InChI is InChI=1S/C14H12N4O2S/c1-14(2)8-20-13(19)18(14)12-16-11(17-21-12)10-5-3-9(7-15)4-6-10/h3-6H,8H2,1-2H3. The molecule has 0 saturated carbocycles. The lowest BCUT2D eigenvalue weighted by molar-refractivity contribution is 0.175. The van der Waals surface area contributed by atoms with Crippen molar-refractivity contribution in [3.8, 4) is 17.5 Å². The molecule has 1 aromatic carbocycles. The fourth-order valence-corrected chi connectivity index (χ4v) is 2.91. The molecule has 1 saturated heterocycles. The number of ether oxygens (including phenoxy) is 1. The number of hydrogen-bond donors (Lipinski definition) is 0. The first-order valence-electron chi connectivity index (χ1n) is 6.32. The van der Waals surface area contributed by atoms with Crippen LogP contribution in [0.4, 0.5) is 9.93 Å². The zero-order valence-corrected chi connectivity index (χ0v) is 12.3. The zero-order valence-electron chi connectivity index (χ0n) is 11.5. The van der Waals surface area contributed by atoms with Crippen molar-refractivity contribution < 1.29 is 9.53 Å². The van der Waals surface area contributed by atoms with Crippen LogP contribution in [0.2, 0.25) is 0 Å². The molecule has 106 valence electrons. The number of benzene rings is 1. The number of rotatable bonds is 2. The van der Waals surface area contributed by atoms with Gasteiger partial charge in [0.25, 0.3) is 0 Å². The van der Waals surface area contributed by atoms with Gasteiger partial charge in [-0.2, -0.15) is 14.6 Å². The Morgan fingerprint density at radius 1 is 1.38 bits per heavy atom. The number of aromatic nitrogens is 2. The summed E-state index contributed by atoms with van der Waals surface area (Å²) >= 11 is 1.16. The van der Waals surface area contributed by atoms with E-state index >= 15 is 0 Å². The molecular formula is C14H12N4O2S. The van der Waals surface area contributed by atoms with Crippen LogP contribution in [0.5, 0.6) is 0 Å². The maximum absolute atomic E-state index is 11.8. The summed E-state index contributed by atoms with van der Waals surface area (Å²) in [6.07, 6.45) is -0.400. The second-order valence-corrected chi connectivity index (χ2v) is 6.02. The summed E-state index contributed by atoms with van der Waals surface area (Å²) in [5.41, 5.74) is 0.957. The molecule has 21 heavy (non-hydrogen) atoms. The van der Waals surface area contributed by atoms with E-state index in [9.17, 15) is 4.79 Å². The van der Waals surface area contributed by atoms with Gasteiger partial charge in [-0.1, -0.05) is 0 Å². The Hall–Kier alpha value is -2.46. The number of nitrogens with zero attached hydrogens (tertiary/aromatic N) is 4. The van der Waals surface area contributed by atoms with E-state index in [1.807, 2.05) is 13.8 Å². The Labute approximate surface area is 125 Å². The molecule has 1 aliphatic heterocycles. The van der Waals surface area contributed by atoms with Crippen molar-refractivity contribution in [3.63, 3.8) is 0 Å². The third-order valence-electron chi connectivity index (χ3n) is 3.22. The van der Waals surface area contributed by atoms with Gasteiger partial charge in [0.05, 0.1) is 17.2 Å². The van der Waals surface area contributed by atoms with E-state index in [4.69, 9.17) is 10.00 Å². The van der Waals surface area contributed by atoms with E-state index in [-0.39, 0.29) is 0 Å². The van der Waals surface area contributed by atoms with Gasteiger partial charge >= 0.3 is 6.09 Å². The first kappa shape index (κ1) is 13.5. The van der Waals surface area contributed by atoms with Crippen LogP contribution in [0.3, 0.4) is 0 Å². The number of carbonyl (C=O) groups excluding carboxylic acids is 1. The maximum Gasteiger partial charge on any atom is 0.416 e. The van der Waals surface area contributed by atoms with Gasteiger partial charge in [0.2, 0.25) is 5.13 Å². The lowest BCUT2D eigenvalue weighted by Crippen LogP contribution is -2.42. The monoisotopic (exact) mass is 300 g/mol. The molecule has 1 fully saturated rings. The molecule has 1 amide bonds. The Balaban J connectivity index is 1.93. The number of carbonyl (C=O) groups is 1. The average molecular weight is 300 g/mol. The first-order valence-corrected chi connectivity index (χ1v) is 7.10. The Bertz CT molecular complexity index is 730. The fraction of sp³-hybridized carbons (Fsp3) is 0.286. The quantitative estimate of drug-likeness (QED) is 0.852. The predicted octanol–water partition coefficient (Wildman–Crippen LogP) is 2.81. The van der Waals surface area contributed by atoms with E-state index in [1.165, 1.54) is 4.90 Å². The van der Waals surface area contributed by atoms with Gasteiger partial charge in [0, 0.05) is 17.1 Å². The van der Waals surface area contributed by atoms with Crippen LogP contribution in [0.1, 0.15) is 19.4 Å². The highest BCUT2D eigenvalue weighted by Gasteiger charge is 2.42. The van der Waals surface area contributed by atoms with E-state index in [0.717, 1.165) is 17.1 Å². The van der Waals surface area contributed by atoms with Gasteiger partial charge in [-0.3, -0.25) is 0 Å². The third kappa shape index (κ3) is 2.34. The van der Waals surface area contributed by atoms with Gasteiger partial charge < -0.3 is 4.74 Å². The maximum atomic E-state index is 11.8. The molecule has 2 aromatic rings. The summed E-state index contributed by atoms with van der Waals surface area (Å²) in [5.74, 6) is 0.537. The highest BCUT2D eigenvalue weighted by atomic mass is 32.1. The lowest BCUT2D eigenvalue weighted by Gasteiger charge is -2.24. The van der Waals surface area contributed by atoms with E-state index in [1.54, 1.807) is 24.3 Å². The molecule has 0 unspecified atom stereocenters. The fourth-order valence-electron chi connectivity index (χ4n) is 2.07. The Kier molecular flexibility index (Phi) is 3.11. The van der Waals surface area contributed by atoms with Gasteiger partial charge in [-0.15, -0.1) is 0 Å². The SMILES string of the molecule is CC1(C)COC(=O)N1c1nc(-c2ccc(C#N)cc2)ns1. The van der Waals surface area contributed by atoms with Crippen molar-refractivity contribution in [1.29, 1.82) is 5.26 Å². The number of anilines is 1. The number of amides is 1. The summed E-state index contributed by atoms with van der Waals surface area (Å²) in [6, 6.07) is 9.07. The Morgan fingerprint density at radius 3 is 2.67 bits per heavy atom. The summed E-state index contributed by atoms with van der Waals surface area (Å²) in [5, 5.41) is 9.31. The molecule has 6 nitrogen and oxygen atoms in total. The normalized spacial score (nSPS) is 16.6. The smallest absolute Gasteiger partial charge is 0.416 e. The molecule has 0 radical (unpaired) electrons. The second kappa shape index (κ2) is 4.82. The lowest BCUT2D eigenvalue weighted by atomic mass is 10.1. The molecule has 1 aliphatic rings. The molecule has 7 heteroatoms. The minimum absolute atomic E-state index is 0.331. The Morgan fingerprint density at radius 2 is 2.10 bits per heavy atom. The summed E-state index contributed by atoms with van der Waals surface area (Å²) in [7, 11) is 0. The minimum atomic E-state index is -0.432. The number of cyclic esters (lactones) is 1. The van der Waals surface area contributed by atoms with Crippen molar-refractivity contribution in [2.45, 2.75) is 19.4 Å². The van der Waals surface area contributed by atoms with Crippen LogP contribution in [-0.4, -0.2) is 27.6 Å². The average Bonchev–Trinajstić information content (AvgIpc) is 3.04. The minimum Gasteiger partial charge on any atom is -0.447 e. The molecule has 0 aliphatic carbocycles. The highest BCUT2D eigenvalue weighted by Crippen LogP contribution is 2.33. The van der Waals surface area contributed by atoms with Crippen LogP contribution in [-0.2, 0) is 4.74 Å².